The predicted octanol–water partition coefficient (Wildman–Crippen LogP) is 3.68. The van der Waals surface area contributed by atoms with Gasteiger partial charge in [-0.1, -0.05) is 18.2 Å². The summed E-state index contributed by atoms with van der Waals surface area (Å²) in [5, 5.41) is 19.5. The van der Waals surface area contributed by atoms with E-state index in [0.717, 1.165) is 0 Å². The maximum Gasteiger partial charge on any atom is 0.196 e. The number of aromatic hydroxyl groups is 2. The van der Waals surface area contributed by atoms with E-state index in [2.05, 4.69) is 0 Å². The molecule has 3 aromatic rings. The molecular formula is C18H14O4. The lowest BCUT2D eigenvalue weighted by molar-refractivity contribution is 0.450. The minimum absolute atomic E-state index is 0.0312. The molecule has 0 unspecified atom stereocenters. The van der Waals surface area contributed by atoms with Crippen LogP contribution in [0.5, 0.6) is 11.5 Å². The van der Waals surface area contributed by atoms with Crippen LogP contribution in [0.2, 0.25) is 0 Å². The van der Waals surface area contributed by atoms with Gasteiger partial charge in [0.15, 0.2) is 5.43 Å². The van der Waals surface area contributed by atoms with Crippen molar-refractivity contribution in [2.75, 3.05) is 0 Å². The lowest BCUT2D eigenvalue weighted by Gasteiger charge is -2.03. The van der Waals surface area contributed by atoms with E-state index in [1.807, 2.05) is 0 Å². The number of hydrogen-bond acceptors (Lipinski definition) is 4. The Morgan fingerprint density at radius 1 is 1.00 bits per heavy atom. The van der Waals surface area contributed by atoms with Gasteiger partial charge in [0.1, 0.15) is 22.8 Å². The van der Waals surface area contributed by atoms with Crippen molar-refractivity contribution >= 4 is 23.1 Å². The number of phenols is 2. The fourth-order valence-corrected chi connectivity index (χ4v) is 2.30. The topological polar surface area (TPSA) is 70.7 Å². The van der Waals surface area contributed by atoms with Crippen LogP contribution < -0.4 is 5.43 Å². The molecule has 3 rings (SSSR count). The van der Waals surface area contributed by atoms with Gasteiger partial charge in [0.25, 0.3) is 0 Å². The van der Waals surface area contributed by atoms with E-state index < -0.39 is 0 Å². The standard InChI is InChI=1S/C18H14O4/c1-11-16(7-6-12-8-13(19)10-14(20)9-12)22-17-5-3-2-4-15(17)18(11)21/h2-10,19-20H,1H3/b7-6+. The lowest BCUT2D eigenvalue weighted by Crippen LogP contribution is -2.06. The Bertz CT molecular complexity index is 915. The van der Waals surface area contributed by atoms with Crippen molar-refractivity contribution in [3.8, 4) is 11.5 Å². The van der Waals surface area contributed by atoms with Gasteiger partial charge in [-0.25, -0.2) is 0 Å². The molecule has 0 spiro atoms. The minimum atomic E-state index is -0.0692. The lowest BCUT2D eigenvalue weighted by atomic mass is 10.1. The van der Waals surface area contributed by atoms with Crippen LogP contribution in [0.25, 0.3) is 23.1 Å². The van der Waals surface area contributed by atoms with E-state index in [4.69, 9.17) is 4.42 Å². The highest BCUT2D eigenvalue weighted by molar-refractivity contribution is 5.79. The molecule has 0 aliphatic rings. The Morgan fingerprint density at radius 2 is 1.68 bits per heavy atom. The van der Waals surface area contributed by atoms with Gasteiger partial charge in [0.2, 0.25) is 0 Å². The van der Waals surface area contributed by atoms with Crippen LogP contribution in [0.15, 0.2) is 51.7 Å². The van der Waals surface area contributed by atoms with E-state index in [9.17, 15) is 15.0 Å². The molecule has 4 nitrogen and oxygen atoms in total. The zero-order valence-electron chi connectivity index (χ0n) is 11.9. The van der Waals surface area contributed by atoms with Crippen LogP contribution in [0.3, 0.4) is 0 Å². The molecule has 2 aromatic carbocycles. The maximum atomic E-state index is 12.3. The second-order valence-corrected chi connectivity index (χ2v) is 5.03. The summed E-state index contributed by atoms with van der Waals surface area (Å²) in [4.78, 5) is 12.3. The van der Waals surface area contributed by atoms with Gasteiger partial charge in [0.05, 0.1) is 5.39 Å². The SMILES string of the molecule is Cc1c(/C=C/c2cc(O)cc(O)c2)oc2ccccc2c1=O. The van der Waals surface area contributed by atoms with Gasteiger partial charge >= 0.3 is 0 Å². The quantitative estimate of drug-likeness (QED) is 0.756. The number of para-hydroxylation sites is 1. The average Bonchev–Trinajstić information content (AvgIpc) is 2.48. The number of benzene rings is 2. The fourth-order valence-electron chi connectivity index (χ4n) is 2.30. The molecule has 0 radical (unpaired) electrons. The van der Waals surface area contributed by atoms with Crippen molar-refractivity contribution in [3.05, 3.63) is 69.6 Å². The van der Waals surface area contributed by atoms with Crippen molar-refractivity contribution in [2.24, 2.45) is 0 Å². The zero-order chi connectivity index (χ0) is 15.7. The molecule has 1 aromatic heterocycles. The Morgan fingerprint density at radius 3 is 2.41 bits per heavy atom. The molecule has 0 aliphatic heterocycles. The fraction of sp³-hybridized carbons (Fsp3) is 0.0556. The molecule has 22 heavy (non-hydrogen) atoms. The van der Waals surface area contributed by atoms with Gasteiger partial charge in [-0.2, -0.15) is 0 Å². The Balaban J connectivity index is 2.09. The monoisotopic (exact) mass is 294 g/mol. The van der Waals surface area contributed by atoms with Crippen LogP contribution in [0, 0.1) is 6.92 Å². The zero-order valence-corrected chi connectivity index (χ0v) is 11.9. The maximum absolute atomic E-state index is 12.3. The van der Waals surface area contributed by atoms with E-state index in [0.29, 0.717) is 27.9 Å². The molecule has 0 amide bonds. The highest BCUT2D eigenvalue weighted by Gasteiger charge is 2.08. The summed E-state index contributed by atoms with van der Waals surface area (Å²) in [6.45, 7) is 1.71. The second kappa shape index (κ2) is 5.41. The molecule has 2 N–H and O–H groups in total. The highest BCUT2D eigenvalue weighted by atomic mass is 16.3. The van der Waals surface area contributed by atoms with Crippen molar-refractivity contribution in [1.29, 1.82) is 0 Å². The molecule has 110 valence electrons. The molecule has 0 saturated heterocycles. The molecule has 0 bridgehead atoms. The van der Waals surface area contributed by atoms with Crippen molar-refractivity contribution in [3.63, 3.8) is 0 Å². The summed E-state index contributed by atoms with van der Waals surface area (Å²) < 4.78 is 5.74. The number of fused-ring (bicyclic) bond motifs is 1. The smallest absolute Gasteiger partial charge is 0.196 e. The Kier molecular flexibility index (Phi) is 3.43. The van der Waals surface area contributed by atoms with Crippen molar-refractivity contribution in [1.82, 2.24) is 0 Å². The summed E-state index contributed by atoms with van der Waals surface area (Å²) in [7, 11) is 0. The third-order valence-corrected chi connectivity index (χ3v) is 3.41. The molecule has 0 fully saturated rings. The van der Waals surface area contributed by atoms with Gasteiger partial charge in [-0.05, 0) is 42.8 Å². The van der Waals surface area contributed by atoms with Crippen molar-refractivity contribution in [2.45, 2.75) is 6.92 Å². The molecule has 0 atom stereocenters. The number of rotatable bonds is 2. The third-order valence-electron chi connectivity index (χ3n) is 3.41. The third kappa shape index (κ3) is 2.59. The van der Waals surface area contributed by atoms with E-state index >= 15 is 0 Å². The van der Waals surface area contributed by atoms with E-state index in [1.54, 1.807) is 43.3 Å². The van der Waals surface area contributed by atoms with Crippen LogP contribution in [-0.2, 0) is 0 Å². The largest absolute Gasteiger partial charge is 0.508 e. The van der Waals surface area contributed by atoms with Gasteiger partial charge in [-0.3, -0.25) is 4.79 Å². The normalized spacial score (nSPS) is 11.3. The van der Waals surface area contributed by atoms with Crippen LogP contribution in [0.4, 0.5) is 0 Å². The molecular weight excluding hydrogens is 280 g/mol. The molecule has 0 saturated carbocycles. The van der Waals surface area contributed by atoms with Gasteiger partial charge in [0, 0.05) is 11.6 Å². The van der Waals surface area contributed by atoms with Crippen molar-refractivity contribution < 1.29 is 14.6 Å². The molecule has 1 heterocycles. The predicted molar refractivity (Wildman–Crippen MR) is 85.9 cm³/mol. The summed E-state index contributed by atoms with van der Waals surface area (Å²) in [6.07, 6.45) is 3.32. The molecule has 4 heteroatoms. The highest BCUT2D eigenvalue weighted by Crippen LogP contribution is 2.23. The van der Waals surface area contributed by atoms with Gasteiger partial charge in [-0.15, -0.1) is 0 Å². The number of phenolic OH excluding ortho intramolecular Hbond substituents is 2. The first-order valence-electron chi connectivity index (χ1n) is 6.78. The Hall–Kier alpha value is -3.01. The summed E-state index contributed by atoms with van der Waals surface area (Å²) in [6, 6.07) is 11.3. The van der Waals surface area contributed by atoms with E-state index in [-0.39, 0.29) is 16.9 Å². The van der Waals surface area contributed by atoms with Crippen LogP contribution >= 0.6 is 0 Å². The first-order chi connectivity index (χ1) is 10.5. The first kappa shape index (κ1) is 13.9. The average molecular weight is 294 g/mol. The van der Waals surface area contributed by atoms with Crippen LogP contribution in [-0.4, -0.2) is 10.2 Å². The van der Waals surface area contributed by atoms with Crippen LogP contribution in [0.1, 0.15) is 16.9 Å². The van der Waals surface area contributed by atoms with E-state index in [1.165, 1.54) is 18.2 Å². The minimum Gasteiger partial charge on any atom is -0.508 e. The number of hydrogen-bond donors (Lipinski definition) is 2. The summed E-state index contributed by atoms with van der Waals surface area (Å²) in [5.74, 6) is 0.388. The van der Waals surface area contributed by atoms with Gasteiger partial charge < -0.3 is 14.6 Å². The Labute approximate surface area is 126 Å². The summed E-state index contributed by atoms with van der Waals surface area (Å²) in [5.41, 5.74) is 1.57. The summed E-state index contributed by atoms with van der Waals surface area (Å²) >= 11 is 0. The first-order valence-corrected chi connectivity index (χ1v) is 6.78. The molecule has 0 aliphatic carbocycles. The second-order valence-electron chi connectivity index (χ2n) is 5.03.